The summed E-state index contributed by atoms with van der Waals surface area (Å²) in [6.07, 6.45) is 0. The molecule has 0 heterocycles. The molecular weight excluding hydrogens is 264 g/mol. The minimum Gasteiger partial charge on any atom is -0.465 e. The number of rotatable bonds is 3. The Bertz CT molecular complexity index is 500. The average molecular weight is 280 g/mol. The lowest BCUT2D eigenvalue weighted by atomic mass is 10.2. The van der Waals surface area contributed by atoms with Gasteiger partial charge in [-0.25, -0.2) is 4.79 Å². The van der Waals surface area contributed by atoms with Crippen molar-refractivity contribution in [1.29, 1.82) is 0 Å². The number of benzene rings is 1. The van der Waals surface area contributed by atoms with Crippen molar-refractivity contribution in [2.45, 2.75) is 13.8 Å². The molecule has 0 aliphatic carbocycles. The van der Waals surface area contributed by atoms with Gasteiger partial charge in [-0.05, 0) is 24.4 Å². The van der Waals surface area contributed by atoms with Crippen LogP contribution in [0, 0.1) is 5.92 Å². The Morgan fingerprint density at radius 2 is 1.89 bits per heavy atom. The molecule has 0 aromatic heterocycles. The summed E-state index contributed by atoms with van der Waals surface area (Å²) in [6, 6.07) is 6.76. The van der Waals surface area contributed by atoms with Crippen LogP contribution in [-0.2, 0) is 9.53 Å². The summed E-state index contributed by atoms with van der Waals surface area (Å²) in [5, 5.41) is 5.50. The fraction of sp³-hybridized carbons (Fsp3) is 0.308. The van der Waals surface area contributed by atoms with Gasteiger partial charge in [0.2, 0.25) is 5.91 Å². The Morgan fingerprint density at radius 1 is 1.26 bits per heavy atom. The molecule has 19 heavy (non-hydrogen) atoms. The normalized spacial score (nSPS) is 9.89. The first-order valence-corrected chi connectivity index (χ1v) is 6.15. The molecule has 0 saturated carbocycles. The number of hydrogen-bond donors (Lipinski definition) is 2. The molecule has 1 rings (SSSR count). The highest BCUT2D eigenvalue weighted by Gasteiger charge is 2.13. The third kappa shape index (κ3) is 4.33. The van der Waals surface area contributed by atoms with Crippen LogP contribution in [0.4, 0.5) is 5.69 Å². The van der Waals surface area contributed by atoms with Crippen LogP contribution in [0.1, 0.15) is 24.2 Å². The molecule has 1 amide bonds. The van der Waals surface area contributed by atoms with Crippen LogP contribution in [-0.4, -0.2) is 24.1 Å². The largest absolute Gasteiger partial charge is 0.465 e. The molecule has 0 spiro atoms. The summed E-state index contributed by atoms with van der Waals surface area (Å²) in [7, 11) is 1.30. The Balaban J connectivity index is 2.80. The lowest BCUT2D eigenvalue weighted by molar-refractivity contribution is -0.122. The molecule has 0 unspecified atom stereocenters. The average Bonchev–Trinajstić information content (AvgIpc) is 2.38. The molecule has 0 aliphatic heterocycles. The van der Waals surface area contributed by atoms with Crippen molar-refractivity contribution in [3.8, 4) is 0 Å². The Kier molecular flexibility index (Phi) is 5.44. The molecule has 6 heteroatoms. The van der Waals surface area contributed by atoms with Gasteiger partial charge in [0, 0.05) is 5.92 Å². The minimum atomic E-state index is -0.471. The van der Waals surface area contributed by atoms with Crippen molar-refractivity contribution < 1.29 is 14.3 Å². The van der Waals surface area contributed by atoms with E-state index < -0.39 is 5.97 Å². The van der Waals surface area contributed by atoms with Crippen molar-refractivity contribution in [3.63, 3.8) is 0 Å². The topological polar surface area (TPSA) is 67.4 Å². The van der Waals surface area contributed by atoms with E-state index in [0.29, 0.717) is 11.3 Å². The lowest BCUT2D eigenvalue weighted by Gasteiger charge is -2.13. The van der Waals surface area contributed by atoms with Gasteiger partial charge in [-0.2, -0.15) is 0 Å². The number of para-hydroxylation sites is 1. The molecule has 0 radical (unpaired) electrons. The van der Waals surface area contributed by atoms with E-state index in [1.165, 1.54) is 7.11 Å². The van der Waals surface area contributed by atoms with Crippen molar-refractivity contribution >= 4 is 34.9 Å². The van der Waals surface area contributed by atoms with E-state index in [0.717, 1.165) is 0 Å². The number of carbonyl (C=O) groups excluding carboxylic acids is 2. The van der Waals surface area contributed by atoms with Gasteiger partial charge in [0.25, 0.3) is 0 Å². The van der Waals surface area contributed by atoms with Crippen LogP contribution < -0.4 is 10.6 Å². The van der Waals surface area contributed by atoms with Crippen LogP contribution >= 0.6 is 12.2 Å². The summed E-state index contributed by atoms with van der Waals surface area (Å²) in [4.78, 5) is 23.0. The van der Waals surface area contributed by atoms with Crippen molar-refractivity contribution in [3.05, 3.63) is 29.8 Å². The first-order valence-electron chi connectivity index (χ1n) is 5.75. The van der Waals surface area contributed by atoms with E-state index in [2.05, 4.69) is 15.4 Å². The maximum atomic E-state index is 11.6. The summed E-state index contributed by atoms with van der Waals surface area (Å²) >= 11 is 5.02. The van der Waals surface area contributed by atoms with Gasteiger partial charge in [-0.3, -0.25) is 4.79 Å². The Hall–Kier alpha value is -1.95. The fourth-order valence-corrected chi connectivity index (χ4v) is 1.50. The van der Waals surface area contributed by atoms with E-state index in [1.807, 2.05) is 0 Å². The van der Waals surface area contributed by atoms with Crippen LogP contribution in [0.25, 0.3) is 0 Å². The predicted molar refractivity (Wildman–Crippen MR) is 77.0 cm³/mol. The number of amides is 1. The highest BCUT2D eigenvalue weighted by atomic mass is 32.1. The van der Waals surface area contributed by atoms with Crippen molar-refractivity contribution in [2.75, 3.05) is 12.4 Å². The molecule has 0 aliphatic rings. The monoisotopic (exact) mass is 280 g/mol. The zero-order chi connectivity index (χ0) is 14.4. The number of esters is 1. The second-order valence-electron chi connectivity index (χ2n) is 4.14. The quantitative estimate of drug-likeness (QED) is 0.654. The lowest BCUT2D eigenvalue weighted by Crippen LogP contribution is -2.37. The second-order valence-corrected chi connectivity index (χ2v) is 4.54. The SMILES string of the molecule is COC(=O)c1ccccc1NC(=S)NC(=O)C(C)C. The zero-order valence-corrected chi connectivity index (χ0v) is 11.8. The maximum Gasteiger partial charge on any atom is 0.339 e. The van der Waals surface area contributed by atoms with Crippen LogP contribution in [0.5, 0.6) is 0 Å². The Morgan fingerprint density at radius 3 is 2.47 bits per heavy atom. The fourth-order valence-electron chi connectivity index (χ4n) is 1.29. The van der Waals surface area contributed by atoms with E-state index in [-0.39, 0.29) is 16.9 Å². The number of thiocarbonyl (C=S) groups is 1. The molecular formula is C13H16N2O3S. The van der Waals surface area contributed by atoms with Crippen molar-refractivity contribution in [1.82, 2.24) is 5.32 Å². The summed E-state index contributed by atoms with van der Waals surface area (Å²) in [6.45, 7) is 3.53. The Labute approximate surface area is 117 Å². The first-order chi connectivity index (χ1) is 8.95. The van der Waals surface area contributed by atoms with Gasteiger partial charge in [0.15, 0.2) is 5.11 Å². The van der Waals surface area contributed by atoms with E-state index in [1.54, 1.807) is 38.1 Å². The van der Waals surface area contributed by atoms with Gasteiger partial charge in [-0.15, -0.1) is 0 Å². The van der Waals surface area contributed by atoms with Gasteiger partial charge < -0.3 is 15.4 Å². The van der Waals surface area contributed by atoms with E-state index in [9.17, 15) is 9.59 Å². The number of anilines is 1. The van der Waals surface area contributed by atoms with Crippen LogP contribution in [0.2, 0.25) is 0 Å². The van der Waals surface area contributed by atoms with Crippen LogP contribution in [0.3, 0.4) is 0 Å². The van der Waals surface area contributed by atoms with Crippen molar-refractivity contribution in [2.24, 2.45) is 5.92 Å². The standard InChI is InChI=1S/C13H16N2O3S/c1-8(2)11(16)15-13(19)14-10-7-5-4-6-9(10)12(17)18-3/h4-8H,1-3H3,(H2,14,15,16,19). The number of hydrogen-bond acceptors (Lipinski definition) is 4. The second kappa shape index (κ2) is 6.84. The molecule has 0 fully saturated rings. The summed E-state index contributed by atoms with van der Waals surface area (Å²) in [5.41, 5.74) is 0.842. The minimum absolute atomic E-state index is 0.148. The smallest absolute Gasteiger partial charge is 0.339 e. The molecule has 0 bridgehead atoms. The molecule has 2 N–H and O–H groups in total. The third-order valence-electron chi connectivity index (χ3n) is 2.34. The van der Waals surface area contributed by atoms with Gasteiger partial charge >= 0.3 is 5.97 Å². The number of methoxy groups -OCH3 is 1. The van der Waals surface area contributed by atoms with Gasteiger partial charge in [0.05, 0.1) is 18.4 Å². The molecule has 0 saturated heterocycles. The number of ether oxygens (including phenoxy) is 1. The highest BCUT2D eigenvalue weighted by molar-refractivity contribution is 7.80. The van der Waals surface area contributed by atoms with Gasteiger partial charge in [0.1, 0.15) is 0 Å². The predicted octanol–water partition coefficient (Wildman–Crippen LogP) is 1.94. The van der Waals surface area contributed by atoms with E-state index >= 15 is 0 Å². The molecule has 1 aromatic rings. The number of carbonyl (C=O) groups is 2. The summed E-state index contributed by atoms with van der Waals surface area (Å²) in [5.74, 6) is -0.829. The molecule has 102 valence electrons. The molecule has 1 aromatic carbocycles. The third-order valence-corrected chi connectivity index (χ3v) is 2.55. The highest BCUT2D eigenvalue weighted by Crippen LogP contribution is 2.15. The molecule has 5 nitrogen and oxygen atoms in total. The first kappa shape index (κ1) is 15.1. The van der Waals surface area contributed by atoms with E-state index in [4.69, 9.17) is 12.2 Å². The zero-order valence-electron chi connectivity index (χ0n) is 11.0. The van der Waals surface area contributed by atoms with Gasteiger partial charge in [-0.1, -0.05) is 26.0 Å². The summed E-state index contributed by atoms with van der Waals surface area (Å²) < 4.78 is 4.67. The number of nitrogens with one attached hydrogen (secondary N) is 2. The molecule has 0 atom stereocenters. The maximum absolute atomic E-state index is 11.6. The van der Waals surface area contributed by atoms with Crippen LogP contribution in [0.15, 0.2) is 24.3 Å².